The first-order valence-corrected chi connectivity index (χ1v) is 7.00. The van der Waals surface area contributed by atoms with Crippen LogP contribution in [-0.4, -0.2) is 11.1 Å². The van der Waals surface area contributed by atoms with Crippen molar-refractivity contribution in [2.45, 2.75) is 25.7 Å². The quantitative estimate of drug-likeness (QED) is 0.818. The lowest BCUT2D eigenvalue weighted by molar-refractivity contribution is 0.0697. The summed E-state index contributed by atoms with van der Waals surface area (Å²) >= 11 is 0. The SMILES string of the molecule is N#Cc1ccc(CCCCc2ccc(C(=O)O)cc2)cc1. The van der Waals surface area contributed by atoms with Gasteiger partial charge in [-0.25, -0.2) is 4.79 Å². The summed E-state index contributed by atoms with van der Waals surface area (Å²) < 4.78 is 0. The average Bonchev–Trinajstić information content (AvgIpc) is 2.52. The molecule has 0 aliphatic heterocycles. The van der Waals surface area contributed by atoms with Crippen LogP contribution in [0.4, 0.5) is 0 Å². The number of unbranched alkanes of at least 4 members (excludes halogenated alkanes) is 1. The summed E-state index contributed by atoms with van der Waals surface area (Å²) in [4.78, 5) is 10.8. The molecule has 0 atom stereocenters. The van der Waals surface area contributed by atoms with Gasteiger partial charge >= 0.3 is 5.97 Å². The first-order valence-electron chi connectivity index (χ1n) is 7.00. The number of nitrogens with zero attached hydrogens (tertiary/aromatic N) is 1. The van der Waals surface area contributed by atoms with Crippen molar-refractivity contribution < 1.29 is 9.90 Å². The summed E-state index contributed by atoms with van der Waals surface area (Å²) in [5.74, 6) is -0.887. The molecule has 2 rings (SSSR count). The van der Waals surface area contributed by atoms with Crippen LogP contribution in [0.1, 0.15) is 39.9 Å². The van der Waals surface area contributed by atoms with Crippen LogP contribution in [0.5, 0.6) is 0 Å². The molecule has 0 bridgehead atoms. The van der Waals surface area contributed by atoms with E-state index >= 15 is 0 Å². The smallest absolute Gasteiger partial charge is 0.335 e. The Bertz CT molecular complexity index is 636. The predicted molar refractivity (Wildman–Crippen MR) is 81.2 cm³/mol. The molecular weight excluding hydrogens is 262 g/mol. The highest BCUT2D eigenvalue weighted by molar-refractivity contribution is 5.87. The molecule has 0 heterocycles. The fourth-order valence-corrected chi connectivity index (χ4v) is 2.22. The Hall–Kier alpha value is -2.60. The van der Waals surface area contributed by atoms with Crippen LogP contribution < -0.4 is 0 Å². The van der Waals surface area contributed by atoms with Gasteiger partial charge in [0, 0.05) is 0 Å². The highest BCUT2D eigenvalue weighted by atomic mass is 16.4. The van der Waals surface area contributed by atoms with Crippen molar-refractivity contribution in [2.24, 2.45) is 0 Å². The standard InChI is InChI=1S/C18H17NO2/c19-13-16-7-5-14(6-8-16)3-1-2-4-15-9-11-17(12-10-15)18(20)21/h5-12H,1-4H2,(H,20,21). The third kappa shape index (κ3) is 4.47. The molecule has 0 unspecified atom stereocenters. The van der Waals surface area contributed by atoms with Gasteiger partial charge in [-0.15, -0.1) is 0 Å². The Kier molecular flexibility index (Phi) is 5.11. The first-order chi connectivity index (χ1) is 10.2. The molecule has 0 radical (unpaired) electrons. The zero-order valence-corrected chi connectivity index (χ0v) is 11.7. The second-order valence-corrected chi connectivity index (χ2v) is 5.02. The van der Waals surface area contributed by atoms with E-state index in [0.717, 1.165) is 25.7 Å². The molecule has 0 fully saturated rings. The molecule has 1 N–H and O–H groups in total. The van der Waals surface area contributed by atoms with Crippen molar-refractivity contribution in [1.29, 1.82) is 5.26 Å². The van der Waals surface area contributed by atoms with Crippen LogP contribution in [0.3, 0.4) is 0 Å². The normalized spacial score (nSPS) is 10.0. The lowest BCUT2D eigenvalue weighted by Crippen LogP contribution is -1.96. The molecule has 0 spiro atoms. The van der Waals surface area contributed by atoms with Crippen molar-refractivity contribution in [2.75, 3.05) is 0 Å². The molecule has 0 aliphatic carbocycles. The second-order valence-electron chi connectivity index (χ2n) is 5.02. The number of aryl methyl sites for hydroxylation is 2. The van der Waals surface area contributed by atoms with E-state index in [0.29, 0.717) is 11.1 Å². The molecule has 21 heavy (non-hydrogen) atoms. The molecule has 0 amide bonds. The number of benzene rings is 2. The summed E-state index contributed by atoms with van der Waals surface area (Å²) in [6, 6.07) is 16.9. The highest BCUT2D eigenvalue weighted by Crippen LogP contribution is 2.11. The topological polar surface area (TPSA) is 61.1 Å². The number of hydrogen-bond acceptors (Lipinski definition) is 2. The van der Waals surface area contributed by atoms with E-state index in [1.165, 1.54) is 11.1 Å². The Morgan fingerprint density at radius 2 is 1.38 bits per heavy atom. The number of carbonyl (C=O) groups is 1. The molecule has 106 valence electrons. The lowest BCUT2D eigenvalue weighted by atomic mass is 10.0. The molecule has 0 aromatic heterocycles. The van der Waals surface area contributed by atoms with Crippen molar-refractivity contribution in [3.63, 3.8) is 0 Å². The van der Waals surface area contributed by atoms with Crippen molar-refractivity contribution in [3.05, 3.63) is 70.8 Å². The third-order valence-corrected chi connectivity index (χ3v) is 3.46. The van der Waals surface area contributed by atoms with Crippen molar-refractivity contribution in [1.82, 2.24) is 0 Å². The largest absolute Gasteiger partial charge is 0.478 e. The van der Waals surface area contributed by atoms with Gasteiger partial charge in [0.1, 0.15) is 0 Å². The maximum Gasteiger partial charge on any atom is 0.335 e. The second kappa shape index (κ2) is 7.25. The first kappa shape index (κ1) is 14.8. The van der Waals surface area contributed by atoms with Gasteiger partial charge in [-0.2, -0.15) is 5.26 Å². The van der Waals surface area contributed by atoms with E-state index in [1.54, 1.807) is 12.1 Å². The van der Waals surface area contributed by atoms with Gasteiger partial charge < -0.3 is 5.11 Å². The van der Waals surface area contributed by atoms with Crippen LogP contribution in [0.2, 0.25) is 0 Å². The molecule has 2 aromatic carbocycles. The van der Waals surface area contributed by atoms with E-state index in [2.05, 4.69) is 6.07 Å². The van der Waals surface area contributed by atoms with Gasteiger partial charge in [0.15, 0.2) is 0 Å². The zero-order chi connectivity index (χ0) is 15.1. The Labute approximate surface area is 124 Å². The molecule has 0 saturated heterocycles. The van der Waals surface area contributed by atoms with Gasteiger partial charge in [0.2, 0.25) is 0 Å². The fourth-order valence-electron chi connectivity index (χ4n) is 2.22. The molecule has 0 aliphatic rings. The number of rotatable bonds is 6. The van der Waals surface area contributed by atoms with Gasteiger partial charge in [-0.1, -0.05) is 24.3 Å². The summed E-state index contributed by atoms with van der Waals surface area (Å²) in [6.07, 6.45) is 4.09. The number of carboxylic acids is 1. The third-order valence-electron chi connectivity index (χ3n) is 3.46. The Balaban J connectivity index is 1.76. The fraction of sp³-hybridized carbons (Fsp3) is 0.222. The summed E-state index contributed by atoms with van der Waals surface area (Å²) in [7, 11) is 0. The predicted octanol–water partition coefficient (Wildman–Crippen LogP) is 3.82. The minimum Gasteiger partial charge on any atom is -0.478 e. The van der Waals surface area contributed by atoms with E-state index < -0.39 is 5.97 Å². The zero-order valence-electron chi connectivity index (χ0n) is 11.7. The Morgan fingerprint density at radius 3 is 1.81 bits per heavy atom. The van der Waals surface area contributed by atoms with Gasteiger partial charge in [0.05, 0.1) is 17.2 Å². The number of hydrogen-bond donors (Lipinski definition) is 1. The molecule has 0 saturated carbocycles. The monoisotopic (exact) mass is 279 g/mol. The summed E-state index contributed by atoms with van der Waals surface area (Å²) in [5.41, 5.74) is 3.43. The minimum atomic E-state index is -0.887. The van der Waals surface area contributed by atoms with Crippen molar-refractivity contribution in [3.8, 4) is 6.07 Å². The number of aromatic carboxylic acids is 1. The molecule has 2 aromatic rings. The van der Waals surface area contributed by atoms with Gasteiger partial charge in [-0.05, 0) is 61.1 Å². The lowest BCUT2D eigenvalue weighted by Gasteiger charge is -2.03. The van der Waals surface area contributed by atoms with E-state index in [9.17, 15) is 4.79 Å². The van der Waals surface area contributed by atoms with E-state index in [1.807, 2.05) is 36.4 Å². The number of nitriles is 1. The molecule has 3 nitrogen and oxygen atoms in total. The van der Waals surface area contributed by atoms with Crippen LogP contribution in [0, 0.1) is 11.3 Å². The van der Waals surface area contributed by atoms with Crippen LogP contribution in [0.25, 0.3) is 0 Å². The van der Waals surface area contributed by atoms with E-state index in [4.69, 9.17) is 10.4 Å². The maximum absolute atomic E-state index is 10.8. The minimum absolute atomic E-state index is 0.330. The van der Waals surface area contributed by atoms with E-state index in [-0.39, 0.29) is 0 Å². The Morgan fingerprint density at radius 1 is 0.905 bits per heavy atom. The van der Waals surface area contributed by atoms with Gasteiger partial charge in [-0.3, -0.25) is 0 Å². The highest BCUT2D eigenvalue weighted by Gasteiger charge is 2.01. The molecule has 3 heteroatoms. The number of carboxylic acid groups (broad SMARTS) is 1. The average molecular weight is 279 g/mol. The van der Waals surface area contributed by atoms with Gasteiger partial charge in [0.25, 0.3) is 0 Å². The summed E-state index contributed by atoms with van der Waals surface area (Å²) in [6.45, 7) is 0. The van der Waals surface area contributed by atoms with Crippen LogP contribution >= 0.6 is 0 Å². The van der Waals surface area contributed by atoms with Crippen molar-refractivity contribution >= 4 is 5.97 Å². The molecular formula is C18H17NO2. The maximum atomic E-state index is 10.8. The summed E-state index contributed by atoms with van der Waals surface area (Å²) in [5, 5.41) is 17.6. The van der Waals surface area contributed by atoms with Crippen LogP contribution in [-0.2, 0) is 12.8 Å². The van der Waals surface area contributed by atoms with Crippen LogP contribution in [0.15, 0.2) is 48.5 Å².